The van der Waals surface area contributed by atoms with E-state index in [1.54, 1.807) is 0 Å². The van der Waals surface area contributed by atoms with Gasteiger partial charge in [0.1, 0.15) is 0 Å². The van der Waals surface area contributed by atoms with E-state index in [0.29, 0.717) is 23.9 Å². The molecular weight excluding hydrogens is 306 g/mol. The minimum absolute atomic E-state index is 0.0579. The summed E-state index contributed by atoms with van der Waals surface area (Å²) < 4.78 is 0. The van der Waals surface area contributed by atoms with E-state index < -0.39 is 0 Å². The van der Waals surface area contributed by atoms with Crippen LogP contribution in [-0.4, -0.2) is 12.5 Å². The van der Waals surface area contributed by atoms with Gasteiger partial charge in [0.15, 0.2) is 0 Å². The molecule has 2 rings (SSSR count). The van der Waals surface area contributed by atoms with Crippen molar-refractivity contribution in [1.82, 2.24) is 5.32 Å². The first-order valence-electron chi connectivity index (χ1n) is 8.14. The summed E-state index contributed by atoms with van der Waals surface area (Å²) in [7, 11) is 0. The van der Waals surface area contributed by atoms with Crippen LogP contribution in [0, 0.1) is 0 Å². The Bertz CT molecular complexity index is 617. The monoisotopic (exact) mass is 329 g/mol. The summed E-state index contributed by atoms with van der Waals surface area (Å²) in [4.78, 5) is 11.9. The van der Waals surface area contributed by atoms with Crippen molar-refractivity contribution in [1.29, 1.82) is 0 Å². The lowest BCUT2D eigenvalue weighted by Crippen LogP contribution is -2.26. The molecule has 122 valence electrons. The molecule has 0 aliphatic carbocycles. The highest BCUT2D eigenvalue weighted by Gasteiger charge is 2.03. The van der Waals surface area contributed by atoms with Crippen LogP contribution < -0.4 is 5.32 Å². The zero-order chi connectivity index (χ0) is 16.7. The third kappa shape index (κ3) is 6.07. The van der Waals surface area contributed by atoms with Crippen molar-refractivity contribution in [2.24, 2.45) is 0 Å². The average molecular weight is 330 g/mol. The van der Waals surface area contributed by atoms with Crippen LogP contribution >= 0.6 is 11.6 Å². The smallest absolute Gasteiger partial charge is 0.224 e. The first kappa shape index (κ1) is 17.6. The van der Waals surface area contributed by atoms with E-state index in [-0.39, 0.29) is 5.91 Å². The molecule has 23 heavy (non-hydrogen) atoms. The van der Waals surface area contributed by atoms with Gasteiger partial charge in [0.25, 0.3) is 0 Å². The lowest BCUT2D eigenvalue weighted by Gasteiger charge is -2.08. The standard InChI is InChI=1S/C20H24ClNO/c1-15(2)18-9-5-16(6-10-18)4-3-13-22-20(23)14-17-7-11-19(21)12-8-17/h5-12,15H,3-4,13-14H2,1-2H3,(H,22,23). The van der Waals surface area contributed by atoms with Gasteiger partial charge in [-0.25, -0.2) is 0 Å². The second-order valence-electron chi connectivity index (χ2n) is 6.15. The number of carbonyl (C=O) groups is 1. The Morgan fingerprint density at radius 1 is 1.00 bits per heavy atom. The average Bonchev–Trinajstić information content (AvgIpc) is 2.54. The largest absolute Gasteiger partial charge is 0.356 e. The van der Waals surface area contributed by atoms with Gasteiger partial charge in [0.2, 0.25) is 5.91 Å². The SMILES string of the molecule is CC(C)c1ccc(CCCNC(=O)Cc2ccc(Cl)cc2)cc1. The number of halogens is 1. The molecular formula is C20H24ClNO. The zero-order valence-electron chi connectivity index (χ0n) is 13.8. The Balaban J connectivity index is 1.68. The molecule has 0 heterocycles. The summed E-state index contributed by atoms with van der Waals surface area (Å²) in [6.07, 6.45) is 2.34. The van der Waals surface area contributed by atoms with Crippen LogP contribution in [-0.2, 0) is 17.6 Å². The molecule has 0 fully saturated rings. The topological polar surface area (TPSA) is 29.1 Å². The fraction of sp³-hybridized carbons (Fsp3) is 0.350. The van der Waals surface area contributed by atoms with E-state index >= 15 is 0 Å². The van der Waals surface area contributed by atoms with Gasteiger partial charge in [-0.15, -0.1) is 0 Å². The molecule has 2 aromatic carbocycles. The molecule has 2 aromatic rings. The molecule has 2 nitrogen and oxygen atoms in total. The quantitative estimate of drug-likeness (QED) is 0.729. The van der Waals surface area contributed by atoms with Crippen molar-refractivity contribution in [3.63, 3.8) is 0 Å². The number of hydrogen-bond acceptors (Lipinski definition) is 1. The fourth-order valence-electron chi connectivity index (χ4n) is 2.44. The van der Waals surface area contributed by atoms with Gasteiger partial charge in [0.05, 0.1) is 6.42 Å². The van der Waals surface area contributed by atoms with Crippen LogP contribution in [0.15, 0.2) is 48.5 Å². The number of carbonyl (C=O) groups excluding carboxylic acids is 1. The summed E-state index contributed by atoms with van der Waals surface area (Å²) in [5, 5.41) is 3.67. The first-order chi connectivity index (χ1) is 11.0. The van der Waals surface area contributed by atoms with Crippen LogP contribution in [0.2, 0.25) is 5.02 Å². The molecule has 1 amide bonds. The molecule has 0 saturated heterocycles. The van der Waals surface area contributed by atoms with Gasteiger partial charge in [0, 0.05) is 11.6 Å². The number of amides is 1. The second kappa shape index (κ2) is 8.73. The lowest BCUT2D eigenvalue weighted by atomic mass is 10.0. The molecule has 3 heteroatoms. The highest BCUT2D eigenvalue weighted by molar-refractivity contribution is 6.30. The minimum atomic E-state index is 0.0579. The molecule has 0 saturated carbocycles. The van der Waals surface area contributed by atoms with Crippen molar-refractivity contribution in [3.8, 4) is 0 Å². The summed E-state index contributed by atoms with van der Waals surface area (Å²) in [6.45, 7) is 5.11. The van der Waals surface area contributed by atoms with Gasteiger partial charge in [-0.3, -0.25) is 4.79 Å². The first-order valence-corrected chi connectivity index (χ1v) is 8.52. The Morgan fingerprint density at radius 2 is 1.61 bits per heavy atom. The number of benzene rings is 2. The number of rotatable bonds is 7. The third-order valence-electron chi connectivity index (χ3n) is 3.89. The Morgan fingerprint density at radius 3 is 2.22 bits per heavy atom. The number of hydrogen-bond donors (Lipinski definition) is 1. The lowest BCUT2D eigenvalue weighted by molar-refractivity contribution is -0.120. The fourth-order valence-corrected chi connectivity index (χ4v) is 2.57. The van der Waals surface area contributed by atoms with Gasteiger partial charge in [-0.2, -0.15) is 0 Å². The summed E-state index contributed by atoms with van der Waals surface area (Å²) in [5.41, 5.74) is 3.67. The molecule has 0 aromatic heterocycles. The zero-order valence-corrected chi connectivity index (χ0v) is 14.6. The summed E-state index contributed by atoms with van der Waals surface area (Å²) >= 11 is 5.84. The molecule has 0 aliphatic heterocycles. The predicted octanol–water partition coefficient (Wildman–Crippen LogP) is 4.75. The maximum atomic E-state index is 11.9. The van der Waals surface area contributed by atoms with E-state index in [1.165, 1.54) is 11.1 Å². The summed E-state index contributed by atoms with van der Waals surface area (Å²) in [6, 6.07) is 16.2. The van der Waals surface area contributed by atoms with Gasteiger partial charge < -0.3 is 5.32 Å². The van der Waals surface area contributed by atoms with Crippen molar-refractivity contribution in [2.45, 2.75) is 39.0 Å². The maximum Gasteiger partial charge on any atom is 0.224 e. The molecule has 0 aliphatic rings. The van der Waals surface area contributed by atoms with Crippen LogP contribution in [0.5, 0.6) is 0 Å². The van der Waals surface area contributed by atoms with Crippen LogP contribution in [0.4, 0.5) is 0 Å². The van der Waals surface area contributed by atoms with Crippen molar-refractivity contribution in [2.75, 3.05) is 6.54 Å². The Kier molecular flexibility index (Phi) is 6.66. The van der Waals surface area contributed by atoms with E-state index in [4.69, 9.17) is 11.6 Å². The van der Waals surface area contributed by atoms with Crippen molar-refractivity contribution < 1.29 is 4.79 Å². The number of aryl methyl sites for hydroxylation is 1. The second-order valence-corrected chi connectivity index (χ2v) is 6.59. The van der Waals surface area contributed by atoms with Crippen molar-refractivity contribution in [3.05, 3.63) is 70.2 Å². The third-order valence-corrected chi connectivity index (χ3v) is 4.14. The molecule has 0 unspecified atom stereocenters. The van der Waals surface area contributed by atoms with E-state index in [2.05, 4.69) is 43.4 Å². The van der Waals surface area contributed by atoms with Crippen LogP contribution in [0.25, 0.3) is 0 Å². The molecule has 0 bridgehead atoms. The van der Waals surface area contributed by atoms with Gasteiger partial charge >= 0.3 is 0 Å². The molecule has 1 N–H and O–H groups in total. The highest BCUT2D eigenvalue weighted by Crippen LogP contribution is 2.15. The predicted molar refractivity (Wildman–Crippen MR) is 97.0 cm³/mol. The van der Waals surface area contributed by atoms with Crippen molar-refractivity contribution >= 4 is 17.5 Å². The maximum absolute atomic E-state index is 11.9. The van der Waals surface area contributed by atoms with Crippen LogP contribution in [0.1, 0.15) is 42.9 Å². The highest BCUT2D eigenvalue weighted by atomic mass is 35.5. The Labute approximate surface area is 143 Å². The number of nitrogens with one attached hydrogen (secondary N) is 1. The minimum Gasteiger partial charge on any atom is -0.356 e. The van der Waals surface area contributed by atoms with Gasteiger partial charge in [-0.1, -0.05) is 61.8 Å². The Hall–Kier alpha value is -1.80. The molecule has 0 radical (unpaired) electrons. The van der Waals surface area contributed by atoms with E-state index in [1.807, 2.05) is 24.3 Å². The van der Waals surface area contributed by atoms with E-state index in [0.717, 1.165) is 18.4 Å². The normalized spacial score (nSPS) is 10.8. The van der Waals surface area contributed by atoms with Crippen LogP contribution in [0.3, 0.4) is 0 Å². The van der Waals surface area contributed by atoms with Gasteiger partial charge in [-0.05, 0) is 47.6 Å². The summed E-state index contributed by atoms with van der Waals surface area (Å²) in [5.74, 6) is 0.624. The van der Waals surface area contributed by atoms with E-state index in [9.17, 15) is 4.79 Å². The molecule has 0 spiro atoms. The molecule has 0 atom stereocenters.